The normalized spacial score (nSPS) is 14.0. The van der Waals surface area contributed by atoms with Crippen LogP contribution in [0.5, 0.6) is 0 Å². The second kappa shape index (κ2) is 7.81. The molecule has 0 aromatic heterocycles. The molecule has 2 aromatic rings. The van der Waals surface area contributed by atoms with Crippen molar-refractivity contribution in [1.29, 1.82) is 0 Å². The van der Waals surface area contributed by atoms with Gasteiger partial charge < -0.3 is 15.1 Å². The number of carbonyl (C=O) groups is 1. The molecule has 1 aliphatic heterocycles. The van der Waals surface area contributed by atoms with E-state index in [2.05, 4.69) is 38.3 Å². The molecule has 1 aliphatic rings. The zero-order valence-corrected chi connectivity index (χ0v) is 15.4. The quantitative estimate of drug-likeness (QED) is 0.875. The Morgan fingerprint density at radius 3 is 2.79 bits per heavy atom. The van der Waals surface area contributed by atoms with Crippen LogP contribution in [0.4, 0.5) is 5.69 Å². The Labute approximate surface area is 151 Å². The summed E-state index contributed by atoms with van der Waals surface area (Å²) in [7, 11) is 1.86. The Morgan fingerprint density at radius 1 is 1.21 bits per heavy atom. The van der Waals surface area contributed by atoms with E-state index in [1.807, 2.05) is 43.4 Å². The molecule has 24 heavy (non-hydrogen) atoms. The van der Waals surface area contributed by atoms with E-state index < -0.39 is 0 Å². The summed E-state index contributed by atoms with van der Waals surface area (Å²) in [5.74, 6) is 0.127. The van der Waals surface area contributed by atoms with Crippen molar-refractivity contribution >= 4 is 27.5 Å². The fraction of sp³-hybridized carbons (Fsp3) is 0.316. The molecule has 0 fully saturated rings. The fourth-order valence-electron chi connectivity index (χ4n) is 2.94. The van der Waals surface area contributed by atoms with E-state index >= 15 is 0 Å². The van der Waals surface area contributed by atoms with Crippen molar-refractivity contribution in [2.24, 2.45) is 0 Å². The van der Waals surface area contributed by atoms with Crippen molar-refractivity contribution in [2.45, 2.75) is 13.1 Å². The number of nitrogens with one attached hydrogen (secondary N) is 1. The molecule has 0 spiro atoms. The highest BCUT2D eigenvalue weighted by molar-refractivity contribution is 9.10. The second-order valence-electron chi connectivity index (χ2n) is 6.07. The van der Waals surface area contributed by atoms with Gasteiger partial charge in [0.1, 0.15) is 0 Å². The minimum atomic E-state index is 0.127. The summed E-state index contributed by atoms with van der Waals surface area (Å²) in [6, 6.07) is 16.3. The Bertz CT molecular complexity index is 719. The Morgan fingerprint density at radius 2 is 1.96 bits per heavy atom. The zero-order valence-electron chi connectivity index (χ0n) is 13.8. The molecule has 1 amide bonds. The van der Waals surface area contributed by atoms with Crippen molar-refractivity contribution in [3.05, 3.63) is 64.1 Å². The molecule has 126 valence electrons. The lowest BCUT2D eigenvalue weighted by molar-refractivity contribution is -0.128. The van der Waals surface area contributed by atoms with Gasteiger partial charge in [0, 0.05) is 43.4 Å². The minimum absolute atomic E-state index is 0.127. The molecule has 5 heteroatoms. The van der Waals surface area contributed by atoms with Gasteiger partial charge in [-0.3, -0.25) is 4.79 Å². The van der Waals surface area contributed by atoms with Gasteiger partial charge in [0.2, 0.25) is 5.91 Å². The molecule has 0 aliphatic carbocycles. The van der Waals surface area contributed by atoms with Gasteiger partial charge in [-0.15, -0.1) is 0 Å². The zero-order chi connectivity index (χ0) is 16.9. The number of hydrogen-bond acceptors (Lipinski definition) is 3. The molecule has 0 unspecified atom stereocenters. The lowest BCUT2D eigenvalue weighted by atomic mass is 10.1. The first-order chi connectivity index (χ1) is 11.6. The summed E-state index contributed by atoms with van der Waals surface area (Å²) in [5, 5.41) is 3.41. The minimum Gasteiger partial charge on any atom is -0.361 e. The third-order valence-corrected chi connectivity index (χ3v) is 5.10. The number of amides is 1. The number of fused-ring (bicyclic) bond motifs is 1. The first-order valence-corrected chi connectivity index (χ1v) is 8.95. The number of anilines is 1. The monoisotopic (exact) mass is 387 g/mol. The predicted octanol–water partition coefficient (Wildman–Crippen LogP) is 3.02. The number of carbonyl (C=O) groups excluding carboxylic acids is 1. The van der Waals surface area contributed by atoms with Crippen molar-refractivity contribution in [3.63, 3.8) is 0 Å². The average molecular weight is 388 g/mol. The van der Waals surface area contributed by atoms with Gasteiger partial charge in [-0.05, 0) is 23.3 Å². The number of benzene rings is 2. The Kier molecular flexibility index (Phi) is 5.53. The average Bonchev–Trinajstić information content (AvgIpc) is 2.79. The van der Waals surface area contributed by atoms with Crippen LogP contribution in [-0.4, -0.2) is 37.5 Å². The third-order valence-electron chi connectivity index (χ3n) is 4.32. The summed E-state index contributed by atoms with van der Waals surface area (Å²) in [6.07, 6.45) is 0. The SMILES string of the molecule is CN(Cc1ccccc1Br)C(=O)CN1CCNCc2ccccc21. The third kappa shape index (κ3) is 3.97. The van der Waals surface area contributed by atoms with E-state index in [1.165, 1.54) is 5.56 Å². The molecule has 0 saturated heterocycles. The lowest BCUT2D eigenvalue weighted by Gasteiger charge is -2.27. The van der Waals surface area contributed by atoms with Gasteiger partial charge in [-0.1, -0.05) is 52.3 Å². The highest BCUT2D eigenvalue weighted by Gasteiger charge is 2.19. The summed E-state index contributed by atoms with van der Waals surface area (Å²) in [4.78, 5) is 16.7. The topological polar surface area (TPSA) is 35.6 Å². The molecule has 3 rings (SSSR count). The van der Waals surface area contributed by atoms with Crippen molar-refractivity contribution < 1.29 is 4.79 Å². The number of likely N-dealkylation sites (N-methyl/N-ethyl adjacent to an activating group) is 1. The van der Waals surface area contributed by atoms with Crippen LogP contribution >= 0.6 is 15.9 Å². The number of para-hydroxylation sites is 1. The summed E-state index contributed by atoms with van der Waals surface area (Å²) < 4.78 is 1.04. The summed E-state index contributed by atoms with van der Waals surface area (Å²) in [6.45, 7) is 3.59. The Hall–Kier alpha value is -1.85. The molecule has 0 atom stereocenters. The van der Waals surface area contributed by atoms with Crippen molar-refractivity contribution in [1.82, 2.24) is 10.2 Å². The summed E-state index contributed by atoms with van der Waals surface area (Å²) >= 11 is 3.55. The maximum Gasteiger partial charge on any atom is 0.242 e. The van der Waals surface area contributed by atoms with E-state index in [4.69, 9.17) is 0 Å². The van der Waals surface area contributed by atoms with Crippen LogP contribution in [0.1, 0.15) is 11.1 Å². The van der Waals surface area contributed by atoms with Crippen LogP contribution < -0.4 is 10.2 Å². The lowest BCUT2D eigenvalue weighted by Crippen LogP contribution is -2.40. The molecule has 0 radical (unpaired) electrons. The van der Waals surface area contributed by atoms with E-state index in [0.717, 1.165) is 35.4 Å². The number of rotatable bonds is 4. The van der Waals surface area contributed by atoms with Crippen LogP contribution in [0.2, 0.25) is 0 Å². The van der Waals surface area contributed by atoms with E-state index in [9.17, 15) is 4.79 Å². The second-order valence-corrected chi connectivity index (χ2v) is 6.92. The first kappa shape index (κ1) is 17.0. The predicted molar refractivity (Wildman–Crippen MR) is 101 cm³/mol. The van der Waals surface area contributed by atoms with Gasteiger partial charge in [0.15, 0.2) is 0 Å². The van der Waals surface area contributed by atoms with E-state index in [-0.39, 0.29) is 5.91 Å². The number of hydrogen-bond donors (Lipinski definition) is 1. The van der Waals surface area contributed by atoms with Gasteiger partial charge in [0.05, 0.1) is 6.54 Å². The van der Waals surface area contributed by atoms with Gasteiger partial charge in [-0.2, -0.15) is 0 Å². The standard InChI is InChI=1S/C19H22BrN3O/c1-22(13-16-7-2-4-8-17(16)20)19(24)14-23-11-10-21-12-15-6-3-5-9-18(15)23/h2-9,21H,10-14H2,1H3. The molecule has 1 heterocycles. The molecular formula is C19H22BrN3O. The number of nitrogens with zero attached hydrogens (tertiary/aromatic N) is 2. The number of halogens is 1. The highest BCUT2D eigenvalue weighted by atomic mass is 79.9. The largest absolute Gasteiger partial charge is 0.361 e. The van der Waals surface area contributed by atoms with Crippen LogP contribution in [0, 0.1) is 0 Å². The molecule has 0 bridgehead atoms. The Balaban J connectivity index is 1.69. The maximum atomic E-state index is 12.7. The molecule has 0 saturated carbocycles. The van der Waals surface area contributed by atoms with Gasteiger partial charge in [-0.25, -0.2) is 0 Å². The first-order valence-electron chi connectivity index (χ1n) is 8.16. The smallest absolute Gasteiger partial charge is 0.242 e. The maximum absolute atomic E-state index is 12.7. The molecular weight excluding hydrogens is 366 g/mol. The van der Waals surface area contributed by atoms with E-state index in [0.29, 0.717) is 13.1 Å². The van der Waals surface area contributed by atoms with E-state index in [1.54, 1.807) is 4.90 Å². The van der Waals surface area contributed by atoms with Crippen LogP contribution in [0.15, 0.2) is 53.0 Å². The molecule has 2 aromatic carbocycles. The van der Waals surface area contributed by atoms with Crippen molar-refractivity contribution in [3.8, 4) is 0 Å². The molecule has 1 N–H and O–H groups in total. The highest BCUT2D eigenvalue weighted by Crippen LogP contribution is 2.22. The fourth-order valence-corrected chi connectivity index (χ4v) is 3.36. The molecule has 4 nitrogen and oxygen atoms in total. The van der Waals surface area contributed by atoms with Crippen LogP contribution in [0.3, 0.4) is 0 Å². The van der Waals surface area contributed by atoms with Crippen LogP contribution in [-0.2, 0) is 17.9 Å². The summed E-state index contributed by atoms with van der Waals surface area (Å²) in [5.41, 5.74) is 3.52. The van der Waals surface area contributed by atoms with Crippen LogP contribution in [0.25, 0.3) is 0 Å². The van der Waals surface area contributed by atoms with Gasteiger partial charge >= 0.3 is 0 Å². The van der Waals surface area contributed by atoms with Gasteiger partial charge in [0.25, 0.3) is 0 Å². The van der Waals surface area contributed by atoms with Crippen molar-refractivity contribution in [2.75, 3.05) is 31.6 Å².